The predicted octanol–water partition coefficient (Wildman–Crippen LogP) is 3.18. The lowest BCUT2D eigenvalue weighted by Gasteiger charge is -2.26. The second-order valence-electron chi connectivity index (χ2n) is 7.16. The Kier molecular flexibility index (Phi) is 6.52. The molecular formula is C20H28N4O2. The fraction of sp³-hybridized carbons (Fsp3) is 0.550. The fourth-order valence-corrected chi connectivity index (χ4v) is 3.20. The van der Waals surface area contributed by atoms with Crippen LogP contribution in [0, 0.1) is 5.92 Å². The minimum atomic E-state index is 0.336. The summed E-state index contributed by atoms with van der Waals surface area (Å²) < 4.78 is 10.8. The van der Waals surface area contributed by atoms with Crippen molar-refractivity contribution >= 4 is 5.82 Å². The van der Waals surface area contributed by atoms with Gasteiger partial charge >= 0.3 is 0 Å². The third-order valence-electron chi connectivity index (χ3n) is 4.39. The van der Waals surface area contributed by atoms with Crippen molar-refractivity contribution in [1.29, 1.82) is 0 Å². The standard InChI is InChI=1S/C20H28N4O2/c1-15(2)11-24(12-17-6-4-5-8-21-17)20-10-18(16-7-9-26-13-16)22-19(23-20)14-25-3/h4-6,8,10,15-16H,7,9,11-14H2,1-3H3/t16-/m0/s1. The quantitative estimate of drug-likeness (QED) is 0.724. The summed E-state index contributed by atoms with van der Waals surface area (Å²) in [6, 6.07) is 8.13. The van der Waals surface area contributed by atoms with E-state index in [0.29, 0.717) is 18.4 Å². The molecule has 0 radical (unpaired) electrons. The van der Waals surface area contributed by atoms with Gasteiger partial charge in [0.25, 0.3) is 0 Å². The van der Waals surface area contributed by atoms with Crippen LogP contribution in [0.25, 0.3) is 0 Å². The molecule has 0 spiro atoms. The van der Waals surface area contributed by atoms with Crippen molar-refractivity contribution in [1.82, 2.24) is 15.0 Å². The maximum Gasteiger partial charge on any atom is 0.156 e. The molecule has 0 N–H and O–H groups in total. The number of methoxy groups -OCH3 is 1. The Bertz CT molecular complexity index is 687. The Hall–Kier alpha value is -2.05. The van der Waals surface area contributed by atoms with E-state index in [2.05, 4.69) is 35.9 Å². The minimum absolute atomic E-state index is 0.336. The summed E-state index contributed by atoms with van der Waals surface area (Å²) >= 11 is 0. The molecule has 0 unspecified atom stereocenters. The summed E-state index contributed by atoms with van der Waals surface area (Å²) in [5, 5.41) is 0. The summed E-state index contributed by atoms with van der Waals surface area (Å²) in [5.41, 5.74) is 2.08. The molecule has 1 atom stereocenters. The largest absolute Gasteiger partial charge is 0.381 e. The van der Waals surface area contributed by atoms with Crippen molar-refractivity contribution in [3.63, 3.8) is 0 Å². The molecule has 2 aromatic heterocycles. The number of nitrogens with zero attached hydrogens (tertiary/aromatic N) is 4. The summed E-state index contributed by atoms with van der Waals surface area (Å²) in [7, 11) is 1.67. The first-order valence-electron chi connectivity index (χ1n) is 9.25. The van der Waals surface area contributed by atoms with Crippen LogP contribution < -0.4 is 4.90 Å². The highest BCUT2D eigenvalue weighted by atomic mass is 16.5. The van der Waals surface area contributed by atoms with Gasteiger partial charge in [-0.25, -0.2) is 9.97 Å². The third-order valence-corrected chi connectivity index (χ3v) is 4.39. The van der Waals surface area contributed by atoms with Crippen LogP contribution in [0.15, 0.2) is 30.5 Å². The zero-order chi connectivity index (χ0) is 18.4. The van der Waals surface area contributed by atoms with Crippen LogP contribution in [0.2, 0.25) is 0 Å². The van der Waals surface area contributed by atoms with Gasteiger partial charge in [-0.3, -0.25) is 4.98 Å². The first-order chi connectivity index (χ1) is 12.7. The van der Waals surface area contributed by atoms with E-state index in [9.17, 15) is 0 Å². The van der Waals surface area contributed by atoms with E-state index in [4.69, 9.17) is 19.4 Å². The van der Waals surface area contributed by atoms with Crippen molar-refractivity contribution in [3.05, 3.63) is 47.7 Å². The predicted molar refractivity (Wildman–Crippen MR) is 101 cm³/mol. The maximum absolute atomic E-state index is 5.56. The number of rotatable bonds is 8. The average Bonchev–Trinajstić information content (AvgIpc) is 3.16. The Labute approximate surface area is 155 Å². The van der Waals surface area contributed by atoms with Crippen LogP contribution in [0.4, 0.5) is 5.82 Å². The molecule has 6 heteroatoms. The molecule has 0 aliphatic carbocycles. The molecule has 3 heterocycles. The Balaban J connectivity index is 1.92. The highest BCUT2D eigenvalue weighted by molar-refractivity contribution is 5.41. The number of hydrogen-bond donors (Lipinski definition) is 0. The monoisotopic (exact) mass is 356 g/mol. The van der Waals surface area contributed by atoms with Gasteiger partial charge in [-0.15, -0.1) is 0 Å². The first kappa shape index (κ1) is 18.7. The highest BCUT2D eigenvalue weighted by Gasteiger charge is 2.22. The van der Waals surface area contributed by atoms with Gasteiger partial charge in [-0.2, -0.15) is 0 Å². The number of anilines is 1. The fourth-order valence-electron chi connectivity index (χ4n) is 3.20. The van der Waals surface area contributed by atoms with Gasteiger partial charge in [0.05, 0.1) is 24.5 Å². The molecule has 3 rings (SSSR count). The SMILES string of the molecule is COCc1nc([C@H]2CCOC2)cc(N(Cc2ccccn2)CC(C)C)n1. The topological polar surface area (TPSA) is 60.4 Å². The van der Waals surface area contributed by atoms with Gasteiger partial charge in [0.1, 0.15) is 12.4 Å². The van der Waals surface area contributed by atoms with Crippen molar-refractivity contribution < 1.29 is 9.47 Å². The lowest BCUT2D eigenvalue weighted by molar-refractivity contribution is 0.177. The molecule has 0 amide bonds. The molecule has 6 nitrogen and oxygen atoms in total. The van der Waals surface area contributed by atoms with E-state index in [-0.39, 0.29) is 0 Å². The Morgan fingerprint density at radius 2 is 2.19 bits per heavy atom. The van der Waals surface area contributed by atoms with Crippen LogP contribution in [0.3, 0.4) is 0 Å². The number of aromatic nitrogens is 3. The molecule has 140 valence electrons. The molecule has 1 aliphatic heterocycles. The van der Waals surface area contributed by atoms with Crippen molar-refractivity contribution in [3.8, 4) is 0 Å². The van der Waals surface area contributed by atoms with E-state index < -0.39 is 0 Å². The van der Waals surface area contributed by atoms with Gasteiger partial charge in [0.2, 0.25) is 0 Å². The Morgan fingerprint density at radius 3 is 2.85 bits per heavy atom. The summed E-state index contributed by atoms with van der Waals surface area (Å²) in [4.78, 5) is 16.2. The van der Waals surface area contributed by atoms with Gasteiger partial charge in [0, 0.05) is 38.4 Å². The zero-order valence-corrected chi connectivity index (χ0v) is 15.9. The molecule has 0 bridgehead atoms. The molecule has 1 saturated heterocycles. The van der Waals surface area contributed by atoms with Gasteiger partial charge in [0.15, 0.2) is 5.82 Å². The summed E-state index contributed by atoms with van der Waals surface area (Å²) in [6.07, 6.45) is 2.84. The van der Waals surface area contributed by atoms with Crippen LogP contribution in [-0.2, 0) is 22.6 Å². The second-order valence-corrected chi connectivity index (χ2v) is 7.16. The van der Waals surface area contributed by atoms with Crippen LogP contribution in [0.1, 0.15) is 43.4 Å². The third kappa shape index (κ3) is 4.99. The number of ether oxygens (including phenoxy) is 2. The van der Waals surface area contributed by atoms with Crippen molar-refractivity contribution in [2.45, 2.75) is 39.3 Å². The molecule has 1 aliphatic rings. The molecule has 0 saturated carbocycles. The minimum Gasteiger partial charge on any atom is -0.381 e. The zero-order valence-electron chi connectivity index (χ0n) is 15.9. The highest BCUT2D eigenvalue weighted by Crippen LogP contribution is 2.27. The summed E-state index contributed by atoms with van der Waals surface area (Å²) in [6.45, 7) is 8.00. The molecule has 2 aromatic rings. The normalized spacial score (nSPS) is 17.0. The number of hydrogen-bond acceptors (Lipinski definition) is 6. The lowest BCUT2D eigenvalue weighted by Crippen LogP contribution is -2.29. The van der Waals surface area contributed by atoms with Crippen LogP contribution in [0.5, 0.6) is 0 Å². The maximum atomic E-state index is 5.56. The smallest absolute Gasteiger partial charge is 0.156 e. The van der Waals surface area contributed by atoms with Crippen molar-refractivity contribution in [2.75, 3.05) is 31.8 Å². The Morgan fingerprint density at radius 1 is 1.31 bits per heavy atom. The average molecular weight is 356 g/mol. The van der Waals surface area contributed by atoms with Crippen LogP contribution in [-0.4, -0.2) is 41.8 Å². The molecule has 0 aromatic carbocycles. The lowest BCUT2D eigenvalue weighted by atomic mass is 10.0. The van der Waals surface area contributed by atoms with E-state index in [0.717, 1.165) is 55.8 Å². The van der Waals surface area contributed by atoms with E-state index in [1.54, 1.807) is 7.11 Å². The van der Waals surface area contributed by atoms with E-state index >= 15 is 0 Å². The second kappa shape index (κ2) is 9.05. The summed E-state index contributed by atoms with van der Waals surface area (Å²) in [5.74, 6) is 2.51. The van der Waals surface area contributed by atoms with E-state index in [1.165, 1.54) is 0 Å². The van der Waals surface area contributed by atoms with Gasteiger partial charge in [-0.1, -0.05) is 19.9 Å². The molecule has 26 heavy (non-hydrogen) atoms. The first-order valence-corrected chi connectivity index (χ1v) is 9.25. The van der Waals surface area contributed by atoms with Crippen molar-refractivity contribution in [2.24, 2.45) is 5.92 Å². The molecular weight excluding hydrogens is 328 g/mol. The van der Waals surface area contributed by atoms with Crippen LogP contribution >= 0.6 is 0 Å². The molecule has 1 fully saturated rings. The van der Waals surface area contributed by atoms with E-state index in [1.807, 2.05) is 18.3 Å². The van der Waals surface area contributed by atoms with Gasteiger partial charge < -0.3 is 14.4 Å². The number of pyridine rings is 1. The van der Waals surface area contributed by atoms with Gasteiger partial charge in [-0.05, 0) is 24.5 Å².